The van der Waals surface area contributed by atoms with Gasteiger partial charge in [0, 0.05) is 35.7 Å². The number of amides is 2. The normalized spacial score (nSPS) is 13.8. The summed E-state index contributed by atoms with van der Waals surface area (Å²) >= 11 is 0.904. The summed E-state index contributed by atoms with van der Waals surface area (Å²) in [6, 6.07) is 6.73. The van der Waals surface area contributed by atoms with Gasteiger partial charge < -0.3 is 15.0 Å². The number of hydrogen-bond donors (Lipinski definition) is 1. The van der Waals surface area contributed by atoms with Crippen molar-refractivity contribution in [3.63, 3.8) is 0 Å². The third kappa shape index (κ3) is 3.66. The van der Waals surface area contributed by atoms with Crippen LogP contribution in [0, 0.1) is 0 Å². The SMILES string of the molecule is CCOC(=O)c1nnsc1NC(=O)c1ccc(N2CCCC2=O)cc1. The summed E-state index contributed by atoms with van der Waals surface area (Å²) in [4.78, 5) is 37.6. The van der Waals surface area contributed by atoms with E-state index in [1.807, 2.05) is 0 Å². The van der Waals surface area contributed by atoms with Gasteiger partial charge in [-0.25, -0.2) is 4.79 Å². The highest BCUT2D eigenvalue weighted by Gasteiger charge is 2.22. The van der Waals surface area contributed by atoms with Crippen LogP contribution >= 0.6 is 11.5 Å². The molecule has 8 nitrogen and oxygen atoms in total. The Balaban J connectivity index is 1.71. The fourth-order valence-corrected chi connectivity index (χ4v) is 3.05. The highest BCUT2D eigenvalue weighted by Crippen LogP contribution is 2.23. The Morgan fingerprint density at radius 3 is 2.72 bits per heavy atom. The fourth-order valence-electron chi connectivity index (χ4n) is 2.49. The Morgan fingerprint density at radius 1 is 1.32 bits per heavy atom. The molecule has 1 aromatic carbocycles. The molecule has 1 N–H and O–H groups in total. The predicted molar refractivity (Wildman–Crippen MR) is 91.8 cm³/mol. The standard InChI is InChI=1S/C16H16N4O4S/c1-2-24-16(23)13-15(25-19-18-13)17-14(22)10-5-7-11(8-6-10)20-9-3-4-12(20)21/h5-8H,2-4,9H2,1H3,(H,17,22). The summed E-state index contributed by atoms with van der Waals surface area (Å²) in [5.74, 6) is -0.933. The van der Waals surface area contributed by atoms with Crippen molar-refractivity contribution in [1.82, 2.24) is 9.59 Å². The van der Waals surface area contributed by atoms with Crippen LogP contribution in [0.5, 0.6) is 0 Å². The van der Waals surface area contributed by atoms with Crippen molar-refractivity contribution in [3.05, 3.63) is 35.5 Å². The Bertz CT molecular complexity index is 803. The Labute approximate surface area is 147 Å². The number of benzene rings is 1. The monoisotopic (exact) mass is 360 g/mol. The highest BCUT2D eigenvalue weighted by molar-refractivity contribution is 7.10. The van der Waals surface area contributed by atoms with Gasteiger partial charge in [-0.1, -0.05) is 4.49 Å². The zero-order valence-electron chi connectivity index (χ0n) is 13.5. The maximum absolute atomic E-state index is 12.3. The lowest BCUT2D eigenvalue weighted by molar-refractivity contribution is -0.117. The molecule has 1 aromatic heterocycles. The van der Waals surface area contributed by atoms with Crippen LogP contribution in [-0.2, 0) is 9.53 Å². The number of nitrogens with zero attached hydrogens (tertiary/aromatic N) is 3. The lowest BCUT2D eigenvalue weighted by atomic mass is 10.2. The second kappa shape index (κ2) is 7.39. The van der Waals surface area contributed by atoms with Crippen LogP contribution < -0.4 is 10.2 Å². The van der Waals surface area contributed by atoms with Gasteiger partial charge >= 0.3 is 5.97 Å². The van der Waals surface area contributed by atoms with E-state index in [1.54, 1.807) is 36.1 Å². The quantitative estimate of drug-likeness (QED) is 0.819. The van der Waals surface area contributed by atoms with Gasteiger partial charge in [0.25, 0.3) is 5.91 Å². The average molecular weight is 360 g/mol. The highest BCUT2D eigenvalue weighted by atomic mass is 32.1. The van der Waals surface area contributed by atoms with E-state index in [-0.39, 0.29) is 23.2 Å². The van der Waals surface area contributed by atoms with E-state index in [0.717, 1.165) is 23.6 Å². The largest absolute Gasteiger partial charge is 0.461 e. The molecule has 1 aliphatic rings. The van der Waals surface area contributed by atoms with Gasteiger partial charge in [-0.2, -0.15) is 0 Å². The van der Waals surface area contributed by atoms with E-state index in [2.05, 4.69) is 14.9 Å². The molecule has 1 fully saturated rings. The van der Waals surface area contributed by atoms with E-state index >= 15 is 0 Å². The van der Waals surface area contributed by atoms with Crippen molar-refractivity contribution in [1.29, 1.82) is 0 Å². The van der Waals surface area contributed by atoms with E-state index in [4.69, 9.17) is 4.74 Å². The number of esters is 1. The number of carbonyl (C=O) groups excluding carboxylic acids is 3. The molecule has 0 radical (unpaired) electrons. The van der Waals surface area contributed by atoms with Crippen molar-refractivity contribution in [2.75, 3.05) is 23.4 Å². The molecule has 9 heteroatoms. The molecular formula is C16H16N4O4S. The molecule has 0 aliphatic carbocycles. The zero-order chi connectivity index (χ0) is 17.8. The van der Waals surface area contributed by atoms with E-state index < -0.39 is 11.9 Å². The van der Waals surface area contributed by atoms with Crippen molar-refractivity contribution >= 4 is 40.0 Å². The molecule has 130 valence electrons. The van der Waals surface area contributed by atoms with Crippen LogP contribution in [0.25, 0.3) is 0 Å². The molecule has 25 heavy (non-hydrogen) atoms. The van der Waals surface area contributed by atoms with Crippen molar-refractivity contribution in [2.24, 2.45) is 0 Å². The number of aromatic nitrogens is 2. The van der Waals surface area contributed by atoms with Gasteiger partial charge in [0.2, 0.25) is 11.6 Å². The third-order valence-corrected chi connectivity index (χ3v) is 4.34. The maximum Gasteiger partial charge on any atom is 0.362 e. The minimum absolute atomic E-state index is 0.0144. The minimum atomic E-state index is -0.630. The molecule has 0 atom stereocenters. The summed E-state index contributed by atoms with van der Waals surface area (Å²) in [6.07, 6.45) is 1.40. The molecule has 3 rings (SSSR count). The van der Waals surface area contributed by atoms with Gasteiger partial charge in [-0.15, -0.1) is 5.10 Å². The Kier molecular flexibility index (Phi) is 5.03. The first-order valence-electron chi connectivity index (χ1n) is 7.81. The molecule has 2 aromatic rings. The lowest BCUT2D eigenvalue weighted by Gasteiger charge is -2.15. The summed E-state index contributed by atoms with van der Waals surface area (Å²) < 4.78 is 8.55. The van der Waals surface area contributed by atoms with Crippen LogP contribution in [-0.4, -0.2) is 40.5 Å². The van der Waals surface area contributed by atoms with Crippen LogP contribution in [0.15, 0.2) is 24.3 Å². The van der Waals surface area contributed by atoms with Crippen LogP contribution in [0.1, 0.15) is 40.6 Å². The molecule has 2 heterocycles. The Hall–Kier alpha value is -2.81. The Morgan fingerprint density at radius 2 is 2.08 bits per heavy atom. The molecule has 1 saturated heterocycles. The van der Waals surface area contributed by atoms with Crippen molar-refractivity contribution in [2.45, 2.75) is 19.8 Å². The summed E-state index contributed by atoms with van der Waals surface area (Å²) in [6.45, 7) is 2.59. The number of rotatable bonds is 5. The first-order chi connectivity index (χ1) is 12.1. The van der Waals surface area contributed by atoms with E-state index in [9.17, 15) is 14.4 Å². The van der Waals surface area contributed by atoms with Gasteiger partial charge in [0.05, 0.1) is 6.61 Å². The zero-order valence-corrected chi connectivity index (χ0v) is 14.3. The van der Waals surface area contributed by atoms with E-state index in [0.29, 0.717) is 18.5 Å². The van der Waals surface area contributed by atoms with Crippen molar-refractivity contribution in [3.8, 4) is 0 Å². The van der Waals surface area contributed by atoms with E-state index in [1.165, 1.54) is 0 Å². The predicted octanol–water partition coefficient (Wildman–Crippen LogP) is 2.09. The molecule has 0 unspecified atom stereocenters. The summed E-state index contributed by atoms with van der Waals surface area (Å²) in [5, 5.41) is 6.55. The number of anilines is 2. The smallest absolute Gasteiger partial charge is 0.362 e. The summed E-state index contributed by atoms with van der Waals surface area (Å²) in [7, 11) is 0. The third-order valence-electron chi connectivity index (χ3n) is 3.70. The van der Waals surface area contributed by atoms with Gasteiger partial charge in [0.1, 0.15) is 0 Å². The number of ether oxygens (including phenoxy) is 1. The number of hydrogen-bond acceptors (Lipinski definition) is 7. The fraction of sp³-hybridized carbons (Fsp3) is 0.312. The average Bonchev–Trinajstić information content (AvgIpc) is 3.24. The molecule has 0 bridgehead atoms. The first kappa shape index (κ1) is 17.0. The minimum Gasteiger partial charge on any atom is -0.461 e. The van der Waals surface area contributed by atoms with Gasteiger partial charge in [-0.05, 0) is 37.6 Å². The van der Waals surface area contributed by atoms with Crippen LogP contribution in [0.2, 0.25) is 0 Å². The molecule has 2 amide bonds. The van der Waals surface area contributed by atoms with Crippen molar-refractivity contribution < 1.29 is 19.1 Å². The number of nitrogens with one attached hydrogen (secondary N) is 1. The molecule has 0 saturated carbocycles. The lowest BCUT2D eigenvalue weighted by Crippen LogP contribution is -2.23. The molecule has 0 spiro atoms. The topological polar surface area (TPSA) is 101 Å². The van der Waals surface area contributed by atoms with Gasteiger partial charge in [0.15, 0.2) is 5.00 Å². The first-order valence-corrected chi connectivity index (χ1v) is 8.58. The second-order valence-corrected chi connectivity index (χ2v) is 6.08. The van der Waals surface area contributed by atoms with Crippen LogP contribution in [0.3, 0.4) is 0 Å². The summed E-state index contributed by atoms with van der Waals surface area (Å²) in [5.41, 5.74) is 1.16. The molecular weight excluding hydrogens is 344 g/mol. The molecule has 1 aliphatic heterocycles. The maximum atomic E-state index is 12.3. The second-order valence-electron chi connectivity index (χ2n) is 5.32. The van der Waals surface area contributed by atoms with Gasteiger partial charge in [-0.3, -0.25) is 9.59 Å². The van der Waals surface area contributed by atoms with Crippen LogP contribution in [0.4, 0.5) is 10.7 Å². The number of carbonyl (C=O) groups is 3.